The van der Waals surface area contributed by atoms with E-state index in [2.05, 4.69) is 33.8 Å². The zero-order valence-electron chi connectivity index (χ0n) is 19.7. The van der Waals surface area contributed by atoms with Crippen LogP contribution in [-0.2, 0) is 15.6 Å². The molecular formula is C26H34F2O3. The summed E-state index contributed by atoms with van der Waals surface area (Å²) in [7, 11) is 0. The third-order valence-electron chi connectivity index (χ3n) is 6.19. The number of hydrogen-bond acceptors (Lipinski definition) is 2. The third-order valence-corrected chi connectivity index (χ3v) is 6.19. The van der Waals surface area contributed by atoms with Crippen LogP contribution in [0.2, 0.25) is 0 Å². The van der Waals surface area contributed by atoms with Crippen molar-refractivity contribution in [3.05, 3.63) is 58.2 Å². The van der Waals surface area contributed by atoms with E-state index in [-0.39, 0.29) is 16.4 Å². The normalized spacial score (nSPS) is 18.9. The van der Waals surface area contributed by atoms with E-state index >= 15 is 4.39 Å². The molecule has 31 heavy (non-hydrogen) atoms. The minimum absolute atomic E-state index is 0.0000398. The van der Waals surface area contributed by atoms with Crippen molar-refractivity contribution >= 4 is 11.5 Å². The summed E-state index contributed by atoms with van der Waals surface area (Å²) in [6.45, 7) is 14.3. The second kappa shape index (κ2) is 9.37. The zero-order valence-corrected chi connectivity index (χ0v) is 19.7. The molecule has 2 rings (SSSR count). The van der Waals surface area contributed by atoms with Crippen LogP contribution in [0.3, 0.4) is 0 Å². The number of carboxylic acids is 1. The molecule has 0 unspecified atom stereocenters. The summed E-state index contributed by atoms with van der Waals surface area (Å²) in [5, 5.41) is 8.74. The molecule has 1 aromatic rings. The van der Waals surface area contributed by atoms with Gasteiger partial charge in [0.25, 0.3) is 0 Å². The van der Waals surface area contributed by atoms with Crippen LogP contribution in [0, 0.1) is 0 Å². The fourth-order valence-corrected chi connectivity index (χ4v) is 3.91. The molecular weight excluding hydrogens is 398 g/mol. The van der Waals surface area contributed by atoms with Crippen LogP contribution >= 0.6 is 0 Å². The fraction of sp³-hybridized carbons (Fsp3) is 0.500. The van der Waals surface area contributed by atoms with E-state index in [9.17, 15) is 9.18 Å². The Kier molecular flexibility index (Phi) is 7.51. The fourth-order valence-electron chi connectivity index (χ4n) is 3.91. The van der Waals surface area contributed by atoms with Gasteiger partial charge in [0, 0.05) is 5.56 Å². The SMILES string of the molecule is CCCOc1cc2c(cc1\C(C)=C(F)/C=C/C(C)=C(/F)C(=O)O)C(C)(C)CCC2(C)C. The molecule has 3 nitrogen and oxygen atoms in total. The van der Waals surface area contributed by atoms with Gasteiger partial charge in [-0.25, -0.2) is 9.18 Å². The standard InChI is InChI=1S/C26H34F2O3/c1-8-13-31-22-15-20-19(25(4,5)11-12-26(20,6)7)14-18(22)17(3)21(27)10-9-16(2)23(28)24(29)30/h9-10,14-15H,8,11-13H2,1-7H3,(H,29,30)/b10-9+,21-17+,23-16+. The molecule has 0 radical (unpaired) electrons. The summed E-state index contributed by atoms with van der Waals surface area (Å²) in [6, 6.07) is 4.08. The van der Waals surface area contributed by atoms with E-state index < -0.39 is 17.6 Å². The number of aliphatic carboxylic acids is 1. The summed E-state index contributed by atoms with van der Waals surface area (Å²) in [5.74, 6) is -2.90. The molecule has 0 amide bonds. The number of hydrogen-bond donors (Lipinski definition) is 1. The molecule has 0 aromatic heterocycles. The molecule has 1 aliphatic carbocycles. The van der Waals surface area contributed by atoms with E-state index in [1.165, 1.54) is 18.1 Å². The summed E-state index contributed by atoms with van der Waals surface area (Å²) in [6.07, 6.45) is 5.16. The van der Waals surface area contributed by atoms with Gasteiger partial charge in [-0.2, -0.15) is 4.39 Å². The van der Waals surface area contributed by atoms with Gasteiger partial charge in [0.2, 0.25) is 5.83 Å². The molecule has 0 heterocycles. The first-order valence-electron chi connectivity index (χ1n) is 10.8. The molecule has 5 heteroatoms. The van der Waals surface area contributed by atoms with E-state index in [1.54, 1.807) is 6.92 Å². The molecule has 0 aliphatic heterocycles. The third kappa shape index (κ3) is 5.44. The van der Waals surface area contributed by atoms with Crippen molar-refractivity contribution in [1.82, 2.24) is 0 Å². The maximum Gasteiger partial charge on any atom is 0.365 e. The van der Waals surface area contributed by atoms with Gasteiger partial charge in [-0.1, -0.05) is 40.7 Å². The highest BCUT2D eigenvalue weighted by Crippen LogP contribution is 2.48. The Labute approximate surface area is 184 Å². The number of fused-ring (bicyclic) bond motifs is 1. The van der Waals surface area contributed by atoms with E-state index in [4.69, 9.17) is 9.84 Å². The number of ether oxygens (including phenoxy) is 1. The van der Waals surface area contributed by atoms with Crippen LogP contribution in [0.1, 0.15) is 84.4 Å². The zero-order chi connectivity index (χ0) is 23.6. The largest absolute Gasteiger partial charge is 0.493 e. The number of carboxylic acid groups (broad SMARTS) is 1. The first kappa shape index (κ1) is 24.8. The predicted molar refractivity (Wildman–Crippen MR) is 122 cm³/mol. The van der Waals surface area contributed by atoms with Gasteiger partial charge in [-0.15, -0.1) is 0 Å². The monoisotopic (exact) mass is 432 g/mol. The molecule has 1 aliphatic rings. The number of rotatable bonds is 7. The lowest BCUT2D eigenvalue weighted by atomic mass is 9.62. The number of benzene rings is 1. The van der Waals surface area contributed by atoms with Crippen LogP contribution in [0.25, 0.3) is 5.57 Å². The molecule has 0 bridgehead atoms. The van der Waals surface area contributed by atoms with Crippen LogP contribution < -0.4 is 4.74 Å². The minimum atomic E-state index is -1.67. The van der Waals surface area contributed by atoms with Gasteiger partial charge in [-0.3, -0.25) is 0 Å². The van der Waals surface area contributed by atoms with Gasteiger partial charge >= 0.3 is 5.97 Å². The molecule has 0 saturated carbocycles. The van der Waals surface area contributed by atoms with Crippen LogP contribution in [-0.4, -0.2) is 17.7 Å². The van der Waals surface area contributed by atoms with Crippen LogP contribution in [0.5, 0.6) is 5.75 Å². The lowest BCUT2D eigenvalue weighted by Crippen LogP contribution is -2.34. The Balaban J connectivity index is 2.64. The minimum Gasteiger partial charge on any atom is -0.493 e. The summed E-state index contributed by atoms with van der Waals surface area (Å²) in [5.41, 5.74) is 3.26. The van der Waals surface area contributed by atoms with Crippen molar-refractivity contribution in [3.63, 3.8) is 0 Å². The molecule has 170 valence electrons. The topological polar surface area (TPSA) is 46.5 Å². The first-order valence-corrected chi connectivity index (χ1v) is 10.8. The quantitative estimate of drug-likeness (QED) is 0.360. The number of carbonyl (C=O) groups is 1. The average Bonchev–Trinajstić information content (AvgIpc) is 2.71. The molecule has 1 N–H and O–H groups in total. The predicted octanol–water partition coefficient (Wildman–Crippen LogP) is 7.41. The van der Waals surface area contributed by atoms with Gasteiger partial charge < -0.3 is 9.84 Å². The van der Waals surface area contributed by atoms with E-state index in [0.29, 0.717) is 23.5 Å². The lowest BCUT2D eigenvalue weighted by molar-refractivity contribution is -0.134. The van der Waals surface area contributed by atoms with Crippen molar-refractivity contribution < 1.29 is 23.4 Å². The number of allylic oxidation sites excluding steroid dienone is 5. The van der Waals surface area contributed by atoms with Crippen LogP contribution in [0.4, 0.5) is 8.78 Å². The molecule has 0 fully saturated rings. The maximum atomic E-state index is 15.0. The summed E-state index contributed by atoms with van der Waals surface area (Å²) in [4.78, 5) is 10.7. The Morgan fingerprint density at radius 1 is 1.06 bits per heavy atom. The van der Waals surface area contributed by atoms with Gasteiger partial charge in [0.15, 0.2) is 0 Å². The van der Waals surface area contributed by atoms with Crippen molar-refractivity contribution in [2.75, 3.05) is 6.61 Å². The average molecular weight is 433 g/mol. The summed E-state index contributed by atoms with van der Waals surface area (Å²) < 4.78 is 34.6. The van der Waals surface area contributed by atoms with Crippen molar-refractivity contribution in [2.24, 2.45) is 0 Å². The van der Waals surface area contributed by atoms with Gasteiger partial charge in [0.1, 0.15) is 11.6 Å². The molecule has 0 spiro atoms. The van der Waals surface area contributed by atoms with Crippen molar-refractivity contribution in [1.29, 1.82) is 0 Å². The van der Waals surface area contributed by atoms with Crippen LogP contribution in [0.15, 0.2) is 41.5 Å². The second-order valence-corrected chi connectivity index (χ2v) is 9.62. The first-order chi connectivity index (χ1) is 14.3. The Hall–Kier alpha value is -2.43. The molecule has 0 atom stereocenters. The Bertz CT molecular complexity index is 950. The lowest BCUT2D eigenvalue weighted by Gasteiger charge is -2.42. The molecule has 0 saturated heterocycles. The highest BCUT2D eigenvalue weighted by atomic mass is 19.1. The number of halogens is 2. The van der Waals surface area contributed by atoms with Gasteiger partial charge in [0.05, 0.1) is 6.61 Å². The van der Waals surface area contributed by atoms with Crippen molar-refractivity contribution in [3.8, 4) is 5.75 Å². The highest BCUT2D eigenvalue weighted by molar-refractivity contribution is 5.85. The van der Waals surface area contributed by atoms with Gasteiger partial charge in [-0.05, 0) is 84.4 Å². The Morgan fingerprint density at radius 2 is 1.61 bits per heavy atom. The van der Waals surface area contributed by atoms with E-state index in [1.807, 2.05) is 13.0 Å². The summed E-state index contributed by atoms with van der Waals surface area (Å²) >= 11 is 0. The maximum absolute atomic E-state index is 15.0. The van der Waals surface area contributed by atoms with E-state index in [0.717, 1.165) is 31.4 Å². The smallest absolute Gasteiger partial charge is 0.365 e. The Morgan fingerprint density at radius 3 is 2.13 bits per heavy atom. The molecule has 1 aromatic carbocycles. The van der Waals surface area contributed by atoms with Crippen molar-refractivity contribution in [2.45, 2.75) is 78.6 Å². The highest BCUT2D eigenvalue weighted by Gasteiger charge is 2.38. The second-order valence-electron chi connectivity index (χ2n) is 9.62.